The van der Waals surface area contributed by atoms with E-state index in [0.29, 0.717) is 5.91 Å². The van der Waals surface area contributed by atoms with E-state index >= 15 is 0 Å². The summed E-state index contributed by atoms with van der Waals surface area (Å²) in [6.07, 6.45) is 5.16. The number of fused-ring (bicyclic) bond motifs is 1. The third kappa shape index (κ3) is 3.85. The molecule has 0 fully saturated rings. The topological polar surface area (TPSA) is 20.3 Å². The molecule has 1 aliphatic rings. The molecular weight excluding hydrogens is 318 g/mol. The Bertz CT molecular complexity index is 734. The summed E-state index contributed by atoms with van der Waals surface area (Å²) in [5.74, 6) is 0.481. The number of aryl methyl sites for hydroxylation is 1. The van der Waals surface area contributed by atoms with E-state index in [9.17, 15) is 4.79 Å². The van der Waals surface area contributed by atoms with Crippen molar-refractivity contribution in [2.75, 3.05) is 6.54 Å². The fraction of sp³-hybridized carbons (Fsp3) is 0.458. The van der Waals surface area contributed by atoms with Gasteiger partial charge in [0.15, 0.2) is 0 Å². The average molecular weight is 350 g/mol. The van der Waals surface area contributed by atoms with Gasteiger partial charge >= 0.3 is 0 Å². The van der Waals surface area contributed by atoms with E-state index < -0.39 is 0 Å². The molecule has 0 aliphatic carbocycles. The average Bonchev–Trinajstić information content (AvgIpc) is 2.68. The molecule has 2 aromatic rings. The third-order valence-electron chi connectivity index (χ3n) is 5.71. The van der Waals surface area contributed by atoms with Gasteiger partial charge in [-0.15, -0.1) is 0 Å². The van der Waals surface area contributed by atoms with Crippen molar-refractivity contribution in [2.24, 2.45) is 5.92 Å². The maximum absolute atomic E-state index is 13.4. The first-order chi connectivity index (χ1) is 12.7. The normalized spacial score (nSPS) is 17.7. The van der Waals surface area contributed by atoms with Crippen molar-refractivity contribution in [1.82, 2.24) is 4.90 Å². The van der Waals surface area contributed by atoms with E-state index in [4.69, 9.17) is 0 Å². The summed E-state index contributed by atoms with van der Waals surface area (Å²) < 4.78 is 0. The molecule has 26 heavy (non-hydrogen) atoms. The second-order valence-corrected chi connectivity index (χ2v) is 7.54. The molecule has 0 saturated carbocycles. The van der Waals surface area contributed by atoms with Gasteiger partial charge in [0.1, 0.15) is 0 Å². The van der Waals surface area contributed by atoms with Crippen LogP contribution >= 0.6 is 0 Å². The van der Waals surface area contributed by atoms with E-state index in [0.717, 1.165) is 38.6 Å². The largest absolute Gasteiger partial charge is 0.331 e. The molecule has 0 unspecified atom stereocenters. The van der Waals surface area contributed by atoms with Crippen LogP contribution in [-0.4, -0.2) is 17.4 Å². The fourth-order valence-corrected chi connectivity index (χ4v) is 4.10. The Morgan fingerprint density at radius 1 is 1.12 bits per heavy atom. The Labute approximate surface area is 158 Å². The lowest BCUT2D eigenvalue weighted by atomic mass is 9.86. The highest BCUT2D eigenvalue weighted by Gasteiger charge is 2.34. The Hall–Kier alpha value is -2.09. The van der Waals surface area contributed by atoms with Gasteiger partial charge in [0.2, 0.25) is 5.91 Å². The molecule has 0 saturated heterocycles. The fourth-order valence-electron chi connectivity index (χ4n) is 4.10. The summed E-state index contributed by atoms with van der Waals surface area (Å²) >= 11 is 0. The molecule has 1 heterocycles. The van der Waals surface area contributed by atoms with Crippen LogP contribution in [-0.2, 0) is 11.2 Å². The van der Waals surface area contributed by atoms with Crippen molar-refractivity contribution in [3.63, 3.8) is 0 Å². The molecule has 0 aromatic heterocycles. The molecule has 2 nitrogen and oxygen atoms in total. The summed E-state index contributed by atoms with van der Waals surface area (Å²) in [6, 6.07) is 17.4. The first-order valence-electron chi connectivity index (χ1n) is 10.1. The van der Waals surface area contributed by atoms with Crippen molar-refractivity contribution in [1.29, 1.82) is 0 Å². The Balaban J connectivity index is 1.98. The van der Waals surface area contributed by atoms with Crippen LogP contribution in [0.15, 0.2) is 48.5 Å². The molecule has 138 valence electrons. The van der Waals surface area contributed by atoms with Gasteiger partial charge in [-0.3, -0.25) is 4.79 Å². The molecule has 0 bridgehead atoms. The molecule has 2 atom stereocenters. The Morgan fingerprint density at radius 3 is 2.54 bits per heavy atom. The van der Waals surface area contributed by atoms with Crippen LogP contribution in [0.5, 0.6) is 0 Å². The summed E-state index contributed by atoms with van der Waals surface area (Å²) in [5, 5.41) is 0. The van der Waals surface area contributed by atoms with Gasteiger partial charge in [-0.1, -0.05) is 80.8 Å². The van der Waals surface area contributed by atoms with E-state index in [1.165, 1.54) is 22.3 Å². The van der Waals surface area contributed by atoms with Crippen molar-refractivity contribution in [2.45, 2.75) is 58.9 Å². The van der Waals surface area contributed by atoms with Crippen molar-refractivity contribution in [3.05, 3.63) is 70.8 Å². The zero-order valence-electron chi connectivity index (χ0n) is 16.4. The minimum atomic E-state index is 0.0451. The zero-order valence-corrected chi connectivity index (χ0v) is 16.4. The van der Waals surface area contributed by atoms with Crippen molar-refractivity contribution < 1.29 is 4.79 Å². The van der Waals surface area contributed by atoms with Gasteiger partial charge < -0.3 is 4.90 Å². The van der Waals surface area contributed by atoms with Crippen LogP contribution in [0.25, 0.3) is 0 Å². The number of nitrogens with zero attached hydrogens (tertiary/aromatic N) is 1. The number of carbonyl (C=O) groups is 1. The van der Waals surface area contributed by atoms with E-state index in [-0.39, 0.29) is 12.0 Å². The highest BCUT2D eigenvalue weighted by atomic mass is 16.2. The summed E-state index contributed by atoms with van der Waals surface area (Å²) in [4.78, 5) is 15.6. The predicted molar refractivity (Wildman–Crippen MR) is 108 cm³/mol. The smallest absolute Gasteiger partial charge is 0.226 e. The van der Waals surface area contributed by atoms with Crippen LogP contribution in [0.1, 0.15) is 67.8 Å². The first-order valence-corrected chi connectivity index (χ1v) is 10.1. The van der Waals surface area contributed by atoms with E-state index in [2.05, 4.69) is 74.2 Å². The number of benzene rings is 2. The quantitative estimate of drug-likeness (QED) is 0.656. The second-order valence-electron chi connectivity index (χ2n) is 7.54. The number of amides is 1. The maximum Gasteiger partial charge on any atom is 0.226 e. The summed E-state index contributed by atoms with van der Waals surface area (Å²) in [5.41, 5.74) is 5.15. The maximum atomic E-state index is 13.4. The van der Waals surface area contributed by atoms with Gasteiger partial charge in [0.05, 0.1) is 6.04 Å². The Morgan fingerprint density at radius 2 is 1.85 bits per heavy atom. The van der Waals surface area contributed by atoms with Crippen LogP contribution in [0.2, 0.25) is 0 Å². The molecule has 2 heteroatoms. The first kappa shape index (κ1) is 18.7. The molecular formula is C24H31NO. The van der Waals surface area contributed by atoms with Crippen molar-refractivity contribution in [3.8, 4) is 0 Å². The summed E-state index contributed by atoms with van der Waals surface area (Å²) in [7, 11) is 0. The van der Waals surface area contributed by atoms with E-state index in [1.807, 2.05) is 0 Å². The molecule has 1 amide bonds. The summed E-state index contributed by atoms with van der Waals surface area (Å²) in [6.45, 7) is 7.27. The van der Waals surface area contributed by atoms with Gasteiger partial charge in [0.25, 0.3) is 0 Å². The SMILES string of the molecule is CCCC[C@@H](CC)C(=O)N1CCc2ccccc2[C@H]1c1ccc(C)cc1. The third-order valence-corrected chi connectivity index (χ3v) is 5.71. The highest BCUT2D eigenvalue weighted by Crippen LogP contribution is 2.36. The van der Waals surface area contributed by atoms with Gasteiger partial charge in [0, 0.05) is 12.5 Å². The number of rotatable bonds is 6. The predicted octanol–water partition coefficient (Wildman–Crippen LogP) is 5.69. The van der Waals surface area contributed by atoms with Gasteiger partial charge in [-0.2, -0.15) is 0 Å². The lowest BCUT2D eigenvalue weighted by Gasteiger charge is -2.39. The standard InChI is InChI=1S/C24H31NO/c1-4-6-9-19(5-2)24(26)25-17-16-20-10-7-8-11-22(20)23(25)21-14-12-18(3)13-15-21/h7-8,10-15,19,23H,4-6,9,16-17H2,1-3H3/t19-,23-/m1/s1. The number of hydrogen-bond acceptors (Lipinski definition) is 1. The monoisotopic (exact) mass is 349 g/mol. The number of carbonyl (C=O) groups excluding carboxylic acids is 1. The van der Waals surface area contributed by atoms with Crippen LogP contribution in [0.3, 0.4) is 0 Å². The molecule has 0 N–H and O–H groups in total. The second kappa shape index (κ2) is 8.53. The molecule has 0 radical (unpaired) electrons. The molecule has 0 spiro atoms. The highest BCUT2D eigenvalue weighted by molar-refractivity contribution is 5.80. The number of hydrogen-bond donors (Lipinski definition) is 0. The minimum absolute atomic E-state index is 0.0451. The minimum Gasteiger partial charge on any atom is -0.331 e. The van der Waals surface area contributed by atoms with Crippen LogP contribution in [0.4, 0.5) is 0 Å². The van der Waals surface area contributed by atoms with Gasteiger partial charge in [-0.25, -0.2) is 0 Å². The lowest BCUT2D eigenvalue weighted by molar-refractivity contribution is -0.138. The number of unbranched alkanes of at least 4 members (excludes halogenated alkanes) is 1. The molecule has 1 aliphatic heterocycles. The van der Waals surface area contributed by atoms with Crippen molar-refractivity contribution >= 4 is 5.91 Å². The molecule has 3 rings (SSSR count). The van der Waals surface area contributed by atoms with E-state index in [1.54, 1.807) is 0 Å². The molecule has 2 aromatic carbocycles. The zero-order chi connectivity index (χ0) is 18.5. The van der Waals surface area contributed by atoms with Crippen LogP contribution < -0.4 is 0 Å². The van der Waals surface area contributed by atoms with Crippen LogP contribution in [0, 0.1) is 12.8 Å². The lowest BCUT2D eigenvalue weighted by Crippen LogP contribution is -2.43. The van der Waals surface area contributed by atoms with Gasteiger partial charge in [-0.05, 0) is 42.9 Å². The Kier molecular flexibility index (Phi) is 6.13.